The third-order valence-corrected chi connectivity index (χ3v) is 11.4. The van der Waals surface area contributed by atoms with Crippen molar-refractivity contribution in [3.05, 3.63) is 53.6 Å². The van der Waals surface area contributed by atoms with E-state index >= 15 is 8.78 Å². The molecule has 4 aromatic rings. The van der Waals surface area contributed by atoms with Gasteiger partial charge < -0.3 is 20.1 Å². The highest BCUT2D eigenvalue weighted by atomic mass is 32.2. The highest BCUT2D eigenvalue weighted by molar-refractivity contribution is 7.98. The summed E-state index contributed by atoms with van der Waals surface area (Å²) in [6.45, 7) is 3.12. The van der Waals surface area contributed by atoms with Crippen LogP contribution >= 0.6 is 11.9 Å². The molecule has 7 nitrogen and oxygen atoms in total. The molecule has 0 aliphatic carbocycles. The first-order valence-corrected chi connectivity index (χ1v) is 16.8. The van der Waals surface area contributed by atoms with Crippen LogP contribution < -0.4 is 15.0 Å². The minimum absolute atomic E-state index is 0.0737. The number of nitrogens with one attached hydrogen (secondary N) is 1. The number of aromatic nitrogens is 2. The predicted molar refractivity (Wildman–Crippen MR) is 172 cm³/mol. The van der Waals surface area contributed by atoms with Gasteiger partial charge in [-0.1, -0.05) is 30.1 Å². The number of benzene rings is 3. The number of halogens is 5. The lowest BCUT2D eigenvalue weighted by Crippen LogP contribution is -2.51. The number of aromatic hydroxyl groups is 1. The Morgan fingerprint density at radius 3 is 2.66 bits per heavy atom. The molecule has 0 amide bonds. The number of fused-ring (bicyclic) bond motifs is 6. The number of piperazine rings is 1. The highest BCUT2D eigenvalue weighted by Crippen LogP contribution is 2.47. The zero-order valence-electron chi connectivity index (χ0n) is 25.7. The maximum atomic E-state index is 16.9. The molecule has 1 aromatic heterocycles. The Labute approximate surface area is 272 Å². The molecule has 4 aliphatic rings. The fourth-order valence-corrected chi connectivity index (χ4v) is 9.52. The smallest absolute Gasteiger partial charge is 0.319 e. The average molecular weight is 672 g/mol. The zero-order valence-corrected chi connectivity index (χ0v) is 26.5. The molecular formula is C34H34F5N5O2S. The number of nitrogens with zero attached hydrogens (tertiary/aromatic N) is 4. The number of rotatable bonds is 6. The van der Waals surface area contributed by atoms with Gasteiger partial charge in [0.25, 0.3) is 5.92 Å². The van der Waals surface area contributed by atoms with E-state index in [9.17, 15) is 18.3 Å². The van der Waals surface area contributed by atoms with Crippen molar-refractivity contribution in [3.8, 4) is 22.9 Å². The van der Waals surface area contributed by atoms with Crippen molar-refractivity contribution in [1.29, 1.82) is 0 Å². The molecular weight excluding hydrogens is 637 g/mol. The molecule has 0 radical (unpaired) electrons. The van der Waals surface area contributed by atoms with Crippen molar-refractivity contribution in [2.45, 2.75) is 68.0 Å². The maximum absolute atomic E-state index is 16.9. The summed E-state index contributed by atoms with van der Waals surface area (Å²) in [7, 11) is 0. The summed E-state index contributed by atoms with van der Waals surface area (Å²) < 4.78 is 85.2. The Balaban J connectivity index is 1.29. The first-order chi connectivity index (χ1) is 22.5. The molecule has 0 saturated carbocycles. The summed E-state index contributed by atoms with van der Waals surface area (Å²) in [5, 5.41) is 14.3. The lowest BCUT2D eigenvalue weighted by atomic mass is 9.91. The molecule has 4 unspecified atom stereocenters. The summed E-state index contributed by atoms with van der Waals surface area (Å²) in [5.41, 5.74) is -1.46. The number of ether oxygens (including phenoxy) is 1. The van der Waals surface area contributed by atoms with Gasteiger partial charge in [-0.05, 0) is 66.6 Å². The van der Waals surface area contributed by atoms with E-state index in [0.29, 0.717) is 31.9 Å². The van der Waals surface area contributed by atoms with E-state index < -0.39 is 39.6 Å². The summed E-state index contributed by atoms with van der Waals surface area (Å²) in [6.07, 6.45) is 2.89. The fraction of sp³-hybridized carbons (Fsp3) is 0.471. The van der Waals surface area contributed by atoms with Gasteiger partial charge in [0.2, 0.25) is 0 Å². The Morgan fingerprint density at radius 1 is 1.11 bits per heavy atom. The van der Waals surface area contributed by atoms with Crippen molar-refractivity contribution < 1.29 is 31.8 Å². The molecule has 4 aliphatic heterocycles. The minimum atomic E-state index is -3.34. The first-order valence-electron chi connectivity index (χ1n) is 16.0. The first kappa shape index (κ1) is 30.9. The van der Waals surface area contributed by atoms with Crippen molar-refractivity contribution in [3.63, 3.8) is 0 Å². The minimum Gasteiger partial charge on any atom is -0.508 e. The van der Waals surface area contributed by atoms with E-state index in [1.807, 2.05) is 9.21 Å². The quantitative estimate of drug-likeness (QED) is 0.166. The second-order valence-corrected chi connectivity index (χ2v) is 15.0. The van der Waals surface area contributed by atoms with Gasteiger partial charge in [-0.25, -0.2) is 26.3 Å². The Bertz CT molecular complexity index is 1880. The third-order valence-electron chi connectivity index (χ3n) is 9.88. The van der Waals surface area contributed by atoms with Gasteiger partial charge in [0.1, 0.15) is 35.7 Å². The van der Waals surface area contributed by atoms with E-state index in [1.54, 1.807) is 11.9 Å². The molecule has 13 heteroatoms. The summed E-state index contributed by atoms with van der Waals surface area (Å²) in [6, 6.07) is 7.91. The summed E-state index contributed by atoms with van der Waals surface area (Å²) >= 11 is 1.58. The molecule has 4 fully saturated rings. The van der Waals surface area contributed by atoms with Crippen molar-refractivity contribution in [2.75, 3.05) is 37.7 Å². The largest absolute Gasteiger partial charge is 0.508 e. The number of hydrogen-bond donors (Lipinski definition) is 2. The van der Waals surface area contributed by atoms with E-state index in [2.05, 4.69) is 10.3 Å². The maximum Gasteiger partial charge on any atom is 0.319 e. The Hall–Kier alpha value is -3.42. The molecule has 4 saturated heterocycles. The molecule has 4 bridgehead atoms. The standard InChI is InChI=1S/C34H34F5N5O2S/c1-33(38,39)25-5-2-4-18-10-22(45)11-23(27(18)25)28-26(36)12-24-30(29(28)37)41-32(42-31(24)43-15-20-6-7-21(16-43)40-20)46-17-34-8-3-9-44(47-34)14-19(35)13-34/h2,4-5,10-12,19-21,40,45H,3,6-9,13-17H2,1H3/t19-,20?,21?,34?/m1/s1. The van der Waals surface area contributed by atoms with Crippen LogP contribution in [0.25, 0.3) is 32.8 Å². The van der Waals surface area contributed by atoms with Crippen LogP contribution in [0.1, 0.15) is 44.6 Å². The van der Waals surface area contributed by atoms with Gasteiger partial charge >= 0.3 is 6.01 Å². The molecule has 8 rings (SSSR count). The average Bonchev–Trinajstić information content (AvgIpc) is 3.35. The van der Waals surface area contributed by atoms with Crippen molar-refractivity contribution in [2.24, 2.45) is 0 Å². The van der Waals surface area contributed by atoms with Crippen LogP contribution in [0.5, 0.6) is 11.8 Å². The van der Waals surface area contributed by atoms with Crippen LogP contribution in [0.3, 0.4) is 0 Å². The molecule has 5 heterocycles. The van der Waals surface area contributed by atoms with Crippen LogP contribution in [-0.2, 0) is 5.92 Å². The number of phenolic OH excluding ortho intramolecular Hbond substituents is 1. The SMILES string of the molecule is CC(F)(F)c1cccc2cc(O)cc(-c3c(F)cc4c(N5CC6CCC(C5)N6)nc(OCC56CCCN(C[C@H](F)C5)S6)nc4c3F)c12. The number of phenols is 1. The molecule has 0 spiro atoms. The predicted octanol–water partition coefficient (Wildman–Crippen LogP) is 7.09. The fourth-order valence-electron chi connectivity index (χ4n) is 7.91. The van der Waals surface area contributed by atoms with Crippen molar-refractivity contribution in [1.82, 2.24) is 19.6 Å². The van der Waals surface area contributed by atoms with Crippen molar-refractivity contribution >= 4 is 39.4 Å². The van der Waals surface area contributed by atoms with Gasteiger partial charge in [0.15, 0.2) is 5.82 Å². The Morgan fingerprint density at radius 2 is 1.89 bits per heavy atom. The monoisotopic (exact) mass is 671 g/mol. The van der Waals surface area contributed by atoms with Crippen LogP contribution in [0, 0.1) is 11.6 Å². The van der Waals surface area contributed by atoms with Crippen LogP contribution in [0.4, 0.5) is 27.8 Å². The van der Waals surface area contributed by atoms with Gasteiger partial charge in [-0.2, -0.15) is 9.97 Å². The summed E-state index contributed by atoms with van der Waals surface area (Å²) in [4.78, 5) is 11.1. The number of hydrogen-bond acceptors (Lipinski definition) is 8. The molecule has 248 valence electrons. The van der Waals surface area contributed by atoms with E-state index in [-0.39, 0.29) is 57.7 Å². The number of anilines is 1. The lowest BCUT2D eigenvalue weighted by molar-refractivity contribution is 0.0191. The van der Waals surface area contributed by atoms with Gasteiger partial charge in [0, 0.05) is 56.1 Å². The molecule has 2 N–H and O–H groups in total. The van der Waals surface area contributed by atoms with E-state index in [4.69, 9.17) is 9.72 Å². The molecule has 5 atom stereocenters. The second-order valence-electron chi connectivity index (χ2n) is 13.5. The Kier molecular flexibility index (Phi) is 7.45. The second kappa shape index (κ2) is 11.3. The summed E-state index contributed by atoms with van der Waals surface area (Å²) in [5.74, 6) is -5.43. The van der Waals surface area contributed by atoms with Gasteiger partial charge in [-0.3, -0.25) is 0 Å². The van der Waals surface area contributed by atoms with Crippen LogP contribution in [0.2, 0.25) is 0 Å². The van der Waals surface area contributed by atoms with E-state index in [0.717, 1.165) is 51.3 Å². The zero-order chi connectivity index (χ0) is 32.7. The van der Waals surface area contributed by atoms with Crippen LogP contribution in [0.15, 0.2) is 36.4 Å². The van der Waals surface area contributed by atoms with Gasteiger partial charge in [0.05, 0.1) is 10.3 Å². The molecule has 3 aromatic carbocycles. The number of alkyl halides is 3. The lowest BCUT2D eigenvalue weighted by Gasteiger charge is -2.46. The van der Waals surface area contributed by atoms with Gasteiger partial charge in [-0.15, -0.1) is 0 Å². The van der Waals surface area contributed by atoms with E-state index in [1.165, 1.54) is 24.3 Å². The normalized spacial score (nSPS) is 27.5. The highest BCUT2D eigenvalue weighted by Gasteiger charge is 2.45. The van der Waals surface area contributed by atoms with Crippen LogP contribution in [-0.4, -0.2) is 75.2 Å². The topological polar surface area (TPSA) is 73.8 Å². The molecule has 47 heavy (non-hydrogen) atoms. The third kappa shape index (κ3) is 5.53.